The topological polar surface area (TPSA) is 58.6 Å². The normalized spacial score (nSPS) is 12.1. The smallest absolute Gasteiger partial charge is 0.155 e. The second kappa shape index (κ2) is 5.21. The molecular weight excluding hydrogens is 295 g/mol. The van der Waals surface area contributed by atoms with Gasteiger partial charge < -0.3 is 9.62 Å². The highest BCUT2D eigenvalue weighted by Crippen LogP contribution is 2.24. The summed E-state index contributed by atoms with van der Waals surface area (Å²) in [6, 6.07) is 15.6. The number of aromatic nitrogens is 1. The average Bonchev–Trinajstić information content (AvgIpc) is 2.60. The van der Waals surface area contributed by atoms with Crippen LogP contribution in [0.25, 0.3) is 33.2 Å². The standard InChI is InChI=1S/C18H11FN2O2/c19-13-6-3-7-16-18(13)15(21-22)9-17(23-16)14-8-11-4-1-2-5-12(11)10-20-14/h1-10,22H/b21-15+. The number of benzene rings is 2. The van der Waals surface area contributed by atoms with Crippen LogP contribution in [0.2, 0.25) is 0 Å². The van der Waals surface area contributed by atoms with Crippen LogP contribution in [-0.2, 0) is 0 Å². The molecule has 0 aliphatic carbocycles. The predicted molar refractivity (Wildman–Crippen MR) is 84.3 cm³/mol. The quantitative estimate of drug-likeness (QED) is 0.426. The van der Waals surface area contributed by atoms with Crippen molar-refractivity contribution in [1.82, 2.24) is 4.98 Å². The Hall–Kier alpha value is -3.21. The van der Waals surface area contributed by atoms with E-state index in [0.29, 0.717) is 17.0 Å². The molecule has 5 heteroatoms. The molecule has 0 saturated heterocycles. The van der Waals surface area contributed by atoms with Gasteiger partial charge in [0.1, 0.15) is 22.5 Å². The molecule has 0 saturated carbocycles. The first-order valence-electron chi connectivity index (χ1n) is 7.02. The minimum Gasteiger partial charge on any atom is -0.454 e. The number of halogens is 1. The molecule has 4 aromatic rings. The van der Waals surface area contributed by atoms with E-state index in [1.54, 1.807) is 18.3 Å². The van der Waals surface area contributed by atoms with Gasteiger partial charge in [0.25, 0.3) is 0 Å². The van der Waals surface area contributed by atoms with Crippen LogP contribution in [0.4, 0.5) is 4.39 Å². The molecule has 0 unspecified atom stereocenters. The summed E-state index contributed by atoms with van der Waals surface area (Å²) >= 11 is 0. The van der Waals surface area contributed by atoms with Gasteiger partial charge >= 0.3 is 0 Å². The monoisotopic (exact) mass is 306 g/mol. The van der Waals surface area contributed by atoms with E-state index in [4.69, 9.17) is 4.42 Å². The maximum atomic E-state index is 13.9. The first kappa shape index (κ1) is 13.5. The summed E-state index contributed by atoms with van der Waals surface area (Å²) in [4.78, 5) is 4.37. The highest BCUT2D eigenvalue weighted by atomic mass is 19.1. The van der Waals surface area contributed by atoms with Gasteiger partial charge in [-0.3, -0.25) is 4.98 Å². The van der Waals surface area contributed by atoms with Crippen molar-refractivity contribution in [1.29, 1.82) is 0 Å². The lowest BCUT2D eigenvalue weighted by molar-refractivity contribution is 0.302. The third kappa shape index (κ3) is 2.23. The van der Waals surface area contributed by atoms with Crippen LogP contribution >= 0.6 is 0 Å². The van der Waals surface area contributed by atoms with E-state index in [9.17, 15) is 9.60 Å². The molecule has 4 rings (SSSR count). The van der Waals surface area contributed by atoms with E-state index in [1.807, 2.05) is 30.3 Å². The minimum absolute atomic E-state index is 0.106. The summed E-state index contributed by atoms with van der Waals surface area (Å²) in [5, 5.41) is 14.6. The van der Waals surface area contributed by atoms with Crippen LogP contribution in [0.15, 0.2) is 70.4 Å². The third-order valence-electron chi connectivity index (χ3n) is 3.71. The predicted octanol–water partition coefficient (Wildman–Crippen LogP) is 4.08. The Morgan fingerprint density at radius 3 is 2.65 bits per heavy atom. The Kier molecular flexibility index (Phi) is 3.05. The lowest BCUT2D eigenvalue weighted by Gasteiger charge is -2.05. The number of nitrogens with zero attached hydrogens (tertiary/aromatic N) is 2. The van der Waals surface area contributed by atoms with E-state index in [2.05, 4.69) is 10.1 Å². The van der Waals surface area contributed by atoms with Gasteiger partial charge in [0, 0.05) is 17.6 Å². The molecule has 2 aromatic carbocycles. The summed E-state index contributed by atoms with van der Waals surface area (Å²) in [5.74, 6) is -0.0984. The average molecular weight is 306 g/mol. The molecule has 0 radical (unpaired) electrons. The molecule has 4 nitrogen and oxygen atoms in total. The molecule has 0 aliphatic heterocycles. The fourth-order valence-corrected chi connectivity index (χ4v) is 2.61. The molecule has 0 amide bonds. The second-order valence-corrected chi connectivity index (χ2v) is 5.13. The summed E-state index contributed by atoms with van der Waals surface area (Å²) in [6.45, 7) is 0. The molecule has 0 aliphatic rings. The van der Waals surface area contributed by atoms with Gasteiger partial charge in [-0.25, -0.2) is 4.39 Å². The van der Waals surface area contributed by atoms with Crippen LogP contribution in [-0.4, -0.2) is 10.2 Å². The van der Waals surface area contributed by atoms with E-state index in [-0.39, 0.29) is 10.7 Å². The van der Waals surface area contributed by atoms with Crippen molar-refractivity contribution in [3.8, 4) is 11.5 Å². The van der Waals surface area contributed by atoms with Crippen molar-refractivity contribution in [3.05, 3.63) is 72.0 Å². The van der Waals surface area contributed by atoms with Gasteiger partial charge in [-0.1, -0.05) is 35.5 Å². The van der Waals surface area contributed by atoms with Crippen LogP contribution in [0.1, 0.15) is 0 Å². The Bertz CT molecular complexity index is 1100. The third-order valence-corrected chi connectivity index (χ3v) is 3.71. The largest absolute Gasteiger partial charge is 0.454 e. The fraction of sp³-hybridized carbons (Fsp3) is 0. The maximum Gasteiger partial charge on any atom is 0.155 e. The van der Waals surface area contributed by atoms with Gasteiger partial charge in [0.05, 0.1) is 5.39 Å². The molecule has 2 aromatic heterocycles. The van der Waals surface area contributed by atoms with Crippen molar-refractivity contribution < 1.29 is 14.0 Å². The summed E-state index contributed by atoms with van der Waals surface area (Å²) in [7, 11) is 0. The van der Waals surface area contributed by atoms with E-state index < -0.39 is 5.82 Å². The zero-order valence-electron chi connectivity index (χ0n) is 11.9. The minimum atomic E-state index is -0.503. The van der Waals surface area contributed by atoms with Crippen molar-refractivity contribution in [2.24, 2.45) is 5.16 Å². The van der Waals surface area contributed by atoms with Gasteiger partial charge in [-0.2, -0.15) is 0 Å². The number of fused-ring (bicyclic) bond motifs is 2. The molecule has 0 fully saturated rings. The Morgan fingerprint density at radius 1 is 1.00 bits per heavy atom. The summed E-state index contributed by atoms with van der Waals surface area (Å²) < 4.78 is 19.7. The van der Waals surface area contributed by atoms with Crippen LogP contribution < -0.4 is 5.36 Å². The molecule has 23 heavy (non-hydrogen) atoms. The highest BCUT2D eigenvalue weighted by Gasteiger charge is 2.11. The maximum absolute atomic E-state index is 13.9. The fourth-order valence-electron chi connectivity index (χ4n) is 2.61. The molecule has 0 spiro atoms. The van der Waals surface area contributed by atoms with Gasteiger partial charge in [0.15, 0.2) is 5.76 Å². The van der Waals surface area contributed by atoms with E-state index in [0.717, 1.165) is 10.8 Å². The number of rotatable bonds is 1. The van der Waals surface area contributed by atoms with Crippen molar-refractivity contribution in [3.63, 3.8) is 0 Å². The number of hydrogen-bond donors (Lipinski definition) is 1. The van der Waals surface area contributed by atoms with E-state index in [1.165, 1.54) is 12.1 Å². The zero-order valence-corrected chi connectivity index (χ0v) is 11.9. The van der Waals surface area contributed by atoms with Crippen LogP contribution in [0.5, 0.6) is 0 Å². The van der Waals surface area contributed by atoms with E-state index >= 15 is 0 Å². The lowest BCUT2D eigenvalue weighted by atomic mass is 10.1. The Balaban J connectivity index is 2.01. The van der Waals surface area contributed by atoms with Gasteiger partial charge in [0.2, 0.25) is 0 Å². The van der Waals surface area contributed by atoms with Crippen molar-refractivity contribution in [2.45, 2.75) is 0 Å². The van der Waals surface area contributed by atoms with Crippen molar-refractivity contribution >= 4 is 21.7 Å². The van der Waals surface area contributed by atoms with Crippen LogP contribution in [0.3, 0.4) is 0 Å². The first-order chi connectivity index (χ1) is 11.3. The zero-order chi connectivity index (χ0) is 15.8. The van der Waals surface area contributed by atoms with Crippen LogP contribution in [0, 0.1) is 5.82 Å². The van der Waals surface area contributed by atoms with Crippen molar-refractivity contribution in [2.75, 3.05) is 0 Å². The molecule has 112 valence electrons. The molecule has 1 N–H and O–H groups in total. The molecule has 2 heterocycles. The second-order valence-electron chi connectivity index (χ2n) is 5.13. The highest BCUT2D eigenvalue weighted by molar-refractivity contribution is 5.85. The first-order valence-corrected chi connectivity index (χ1v) is 7.02. The van der Waals surface area contributed by atoms with Gasteiger partial charge in [-0.05, 0) is 23.6 Å². The SMILES string of the molecule is O/N=c1\cc(-c2cc3ccccc3cn2)oc2cccc(F)c12. The Morgan fingerprint density at radius 2 is 1.83 bits per heavy atom. The lowest BCUT2D eigenvalue weighted by Crippen LogP contribution is -2.05. The molecule has 0 atom stereocenters. The molecular formula is C18H11FN2O2. The Labute approximate surface area is 130 Å². The molecule has 0 bridgehead atoms. The van der Waals surface area contributed by atoms with Gasteiger partial charge in [-0.15, -0.1) is 0 Å². The number of hydrogen-bond acceptors (Lipinski definition) is 4. The number of pyridine rings is 1. The summed E-state index contributed by atoms with van der Waals surface area (Å²) in [5.41, 5.74) is 0.880. The summed E-state index contributed by atoms with van der Waals surface area (Å²) in [6.07, 6.45) is 1.74.